The molecule has 2 aromatic carbocycles. The van der Waals surface area contributed by atoms with E-state index in [-0.39, 0.29) is 17.4 Å². The number of halogens is 4. The number of nitrogens with one attached hydrogen (secondary N) is 1. The van der Waals surface area contributed by atoms with Crippen LogP contribution in [0.25, 0.3) is 0 Å². The molecule has 3 unspecified atom stereocenters. The van der Waals surface area contributed by atoms with Gasteiger partial charge in [0.25, 0.3) is 0 Å². The van der Waals surface area contributed by atoms with Crippen LogP contribution in [0, 0.1) is 5.92 Å². The number of aromatic carboxylic acids is 1. The zero-order chi connectivity index (χ0) is 19.3. The largest absolute Gasteiger partial charge is 0.545 e. The second-order valence-electron chi connectivity index (χ2n) is 6.80. The van der Waals surface area contributed by atoms with E-state index in [4.69, 9.17) is 0 Å². The lowest BCUT2D eigenvalue weighted by atomic mass is 9.76. The number of benzene rings is 2. The van der Waals surface area contributed by atoms with Crippen molar-refractivity contribution < 1.29 is 23.1 Å². The maximum atomic E-state index is 13.1. The van der Waals surface area contributed by atoms with Crippen LogP contribution in [-0.4, -0.2) is 5.97 Å². The van der Waals surface area contributed by atoms with Gasteiger partial charge in [-0.05, 0) is 47.7 Å². The number of rotatable bonds is 2. The molecule has 2 aromatic rings. The van der Waals surface area contributed by atoms with E-state index >= 15 is 0 Å². The standard InChI is InChI=1S/C20H15BrF3NO2/c21-12-8-15-13-5-2-6-14(13)17(25-18(15)16(9-12)19(26)27)10-3-1-4-11(7-10)20(22,23)24/h1-5,7-9,13-14,17,25H,6H2,(H,26,27)/p-1. The second-order valence-corrected chi connectivity index (χ2v) is 7.72. The van der Waals surface area contributed by atoms with Gasteiger partial charge in [-0.1, -0.05) is 40.2 Å². The zero-order valence-electron chi connectivity index (χ0n) is 13.9. The van der Waals surface area contributed by atoms with E-state index in [9.17, 15) is 23.1 Å². The van der Waals surface area contributed by atoms with Gasteiger partial charge in [-0.25, -0.2) is 0 Å². The molecule has 0 aromatic heterocycles. The Kier molecular flexibility index (Phi) is 4.29. The minimum absolute atomic E-state index is 0.00453. The Bertz CT molecular complexity index is 955. The van der Waals surface area contributed by atoms with Crippen molar-refractivity contribution in [1.29, 1.82) is 0 Å². The number of allylic oxidation sites excluding steroid dienone is 2. The molecule has 0 spiro atoms. The Morgan fingerprint density at radius 1 is 1.22 bits per heavy atom. The first-order valence-corrected chi connectivity index (χ1v) is 9.20. The summed E-state index contributed by atoms with van der Waals surface area (Å²) >= 11 is 3.33. The van der Waals surface area contributed by atoms with E-state index in [2.05, 4.69) is 21.2 Å². The average molecular weight is 437 g/mol. The smallest absolute Gasteiger partial charge is 0.416 e. The number of anilines is 1. The Hall–Kier alpha value is -2.28. The molecule has 140 valence electrons. The lowest BCUT2D eigenvalue weighted by Crippen LogP contribution is -2.32. The SMILES string of the molecule is O=C([O-])c1cc(Br)cc2c1NC(c1cccc(C(F)(F)F)c1)C1CC=CC21. The number of carbonyl (C=O) groups is 1. The summed E-state index contributed by atoms with van der Waals surface area (Å²) in [5.41, 5.74) is 0.987. The molecule has 0 saturated carbocycles. The van der Waals surface area contributed by atoms with Gasteiger partial charge in [0.2, 0.25) is 0 Å². The highest BCUT2D eigenvalue weighted by atomic mass is 79.9. The molecule has 4 rings (SSSR count). The molecular weight excluding hydrogens is 423 g/mol. The molecule has 1 aliphatic carbocycles. The number of carboxylic acids is 1. The number of carboxylic acid groups (broad SMARTS) is 1. The van der Waals surface area contributed by atoms with Crippen LogP contribution in [0.4, 0.5) is 18.9 Å². The van der Waals surface area contributed by atoms with Crippen LogP contribution < -0.4 is 10.4 Å². The number of carbonyl (C=O) groups excluding carboxylic acids is 1. The summed E-state index contributed by atoms with van der Waals surface area (Å²) in [5, 5.41) is 14.8. The third-order valence-electron chi connectivity index (χ3n) is 5.23. The third kappa shape index (κ3) is 3.14. The van der Waals surface area contributed by atoms with Gasteiger partial charge in [-0.15, -0.1) is 0 Å². The molecule has 27 heavy (non-hydrogen) atoms. The molecule has 1 heterocycles. The minimum atomic E-state index is -4.43. The maximum absolute atomic E-state index is 13.1. The van der Waals surface area contributed by atoms with Gasteiger partial charge in [-0.2, -0.15) is 13.2 Å². The van der Waals surface area contributed by atoms with E-state index in [0.717, 1.165) is 17.7 Å². The van der Waals surface area contributed by atoms with Gasteiger partial charge in [-0.3, -0.25) is 0 Å². The van der Waals surface area contributed by atoms with Crippen molar-refractivity contribution in [3.8, 4) is 0 Å². The van der Waals surface area contributed by atoms with Gasteiger partial charge in [0.1, 0.15) is 0 Å². The van der Waals surface area contributed by atoms with Crippen LogP contribution in [0.5, 0.6) is 0 Å². The third-order valence-corrected chi connectivity index (χ3v) is 5.68. The lowest BCUT2D eigenvalue weighted by Gasteiger charge is -2.39. The van der Waals surface area contributed by atoms with Crippen molar-refractivity contribution in [2.75, 3.05) is 5.32 Å². The first-order valence-electron chi connectivity index (χ1n) is 8.41. The molecule has 7 heteroatoms. The number of hydrogen-bond donors (Lipinski definition) is 1. The molecule has 3 atom stereocenters. The highest BCUT2D eigenvalue weighted by Gasteiger charge is 2.40. The van der Waals surface area contributed by atoms with Gasteiger partial charge < -0.3 is 15.2 Å². The summed E-state index contributed by atoms with van der Waals surface area (Å²) in [4.78, 5) is 11.6. The molecule has 0 radical (unpaired) electrons. The molecule has 2 aliphatic rings. The molecule has 1 N–H and O–H groups in total. The highest BCUT2D eigenvalue weighted by molar-refractivity contribution is 9.10. The molecule has 3 nitrogen and oxygen atoms in total. The molecule has 0 amide bonds. The van der Waals surface area contributed by atoms with Crippen LogP contribution in [0.1, 0.15) is 45.4 Å². The molecular formula is C20H14BrF3NO2-. The summed E-state index contributed by atoms with van der Waals surface area (Å²) in [7, 11) is 0. The fraction of sp³-hybridized carbons (Fsp3) is 0.250. The maximum Gasteiger partial charge on any atom is 0.416 e. The predicted octanol–water partition coefficient (Wildman–Crippen LogP) is 4.66. The van der Waals surface area contributed by atoms with Crippen molar-refractivity contribution in [3.63, 3.8) is 0 Å². The van der Waals surface area contributed by atoms with Gasteiger partial charge in [0.15, 0.2) is 0 Å². The van der Waals surface area contributed by atoms with Crippen molar-refractivity contribution in [2.24, 2.45) is 5.92 Å². The van der Waals surface area contributed by atoms with E-state index in [1.165, 1.54) is 12.1 Å². The van der Waals surface area contributed by atoms with Crippen molar-refractivity contribution in [2.45, 2.75) is 24.6 Å². The Morgan fingerprint density at radius 3 is 2.70 bits per heavy atom. The van der Waals surface area contributed by atoms with Crippen LogP contribution in [-0.2, 0) is 6.18 Å². The summed E-state index contributed by atoms with van der Waals surface area (Å²) in [6, 6.07) is 8.07. The lowest BCUT2D eigenvalue weighted by molar-refractivity contribution is -0.254. The van der Waals surface area contributed by atoms with Crippen LogP contribution >= 0.6 is 15.9 Å². The topological polar surface area (TPSA) is 52.2 Å². The van der Waals surface area contributed by atoms with E-state index < -0.39 is 23.8 Å². The summed E-state index contributed by atoms with van der Waals surface area (Å²) in [6.07, 6.45) is 0.255. The summed E-state index contributed by atoms with van der Waals surface area (Å²) < 4.78 is 40.0. The second kappa shape index (κ2) is 6.41. The number of hydrogen-bond acceptors (Lipinski definition) is 3. The first kappa shape index (κ1) is 18.1. The summed E-state index contributed by atoms with van der Waals surface area (Å²) in [5.74, 6) is -1.40. The monoisotopic (exact) mass is 436 g/mol. The van der Waals surface area contributed by atoms with Crippen LogP contribution in [0.2, 0.25) is 0 Å². The Morgan fingerprint density at radius 2 is 2.00 bits per heavy atom. The molecule has 0 saturated heterocycles. The summed E-state index contributed by atoms with van der Waals surface area (Å²) in [6.45, 7) is 0. The first-order chi connectivity index (χ1) is 12.8. The zero-order valence-corrected chi connectivity index (χ0v) is 15.5. The van der Waals surface area contributed by atoms with E-state index in [1.807, 2.05) is 18.2 Å². The van der Waals surface area contributed by atoms with Crippen molar-refractivity contribution >= 4 is 27.6 Å². The van der Waals surface area contributed by atoms with E-state index in [1.54, 1.807) is 6.07 Å². The average Bonchev–Trinajstić information content (AvgIpc) is 3.10. The minimum Gasteiger partial charge on any atom is -0.545 e. The van der Waals surface area contributed by atoms with Crippen molar-refractivity contribution in [3.05, 3.63) is 75.3 Å². The van der Waals surface area contributed by atoms with E-state index in [0.29, 0.717) is 22.1 Å². The van der Waals surface area contributed by atoms with Crippen LogP contribution in [0.3, 0.4) is 0 Å². The van der Waals surface area contributed by atoms with Crippen LogP contribution in [0.15, 0.2) is 53.0 Å². The number of alkyl halides is 3. The normalized spacial score (nSPS) is 23.5. The Labute approximate surface area is 162 Å². The van der Waals surface area contributed by atoms with Gasteiger partial charge in [0, 0.05) is 21.6 Å². The fourth-order valence-corrected chi connectivity index (χ4v) is 4.54. The number of fused-ring (bicyclic) bond motifs is 3. The van der Waals surface area contributed by atoms with Crippen molar-refractivity contribution in [1.82, 2.24) is 0 Å². The van der Waals surface area contributed by atoms with Gasteiger partial charge in [0.05, 0.1) is 17.6 Å². The Balaban J connectivity index is 1.84. The highest BCUT2D eigenvalue weighted by Crippen LogP contribution is 2.51. The molecule has 1 aliphatic heterocycles. The fourth-order valence-electron chi connectivity index (χ4n) is 4.06. The molecule has 0 bridgehead atoms. The molecule has 0 fully saturated rings. The van der Waals surface area contributed by atoms with Gasteiger partial charge >= 0.3 is 6.18 Å². The quantitative estimate of drug-likeness (QED) is 0.696. The predicted molar refractivity (Wildman–Crippen MR) is 96.3 cm³/mol.